The Hall–Kier alpha value is -3.19. The SMILES string of the molecule is COc1ccc(-c2nn(C)c(=O)c3c(-c4ccncc4)csc23)cc1OC. The van der Waals surface area contributed by atoms with E-state index in [2.05, 4.69) is 10.1 Å². The summed E-state index contributed by atoms with van der Waals surface area (Å²) in [5, 5.41) is 7.17. The number of benzene rings is 1. The summed E-state index contributed by atoms with van der Waals surface area (Å²) in [6.07, 6.45) is 3.44. The van der Waals surface area contributed by atoms with Crippen LogP contribution in [0.2, 0.25) is 0 Å². The molecular weight excluding hydrogens is 362 g/mol. The lowest BCUT2D eigenvalue weighted by atomic mass is 10.0. The van der Waals surface area contributed by atoms with E-state index < -0.39 is 0 Å². The summed E-state index contributed by atoms with van der Waals surface area (Å²) in [7, 11) is 4.86. The fourth-order valence-corrected chi connectivity index (χ4v) is 4.14. The van der Waals surface area contributed by atoms with Crippen molar-refractivity contribution in [3.63, 3.8) is 0 Å². The number of fused-ring (bicyclic) bond motifs is 1. The summed E-state index contributed by atoms with van der Waals surface area (Å²) in [4.78, 5) is 16.9. The van der Waals surface area contributed by atoms with E-state index in [1.807, 2.05) is 35.7 Å². The minimum absolute atomic E-state index is 0.123. The Kier molecular flexibility index (Phi) is 4.37. The summed E-state index contributed by atoms with van der Waals surface area (Å²) in [6, 6.07) is 9.43. The Morgan fingerprint density at radius 2 is 1.74 bits per heavy atom. The van der Waals surface area contributed by atoms with E-state index in [9.17, 15) is 4.79 Å². The molecule has 0 unspecified atom stereocenters. The quantitative estimate of drug-likeness (QED) is 0.540. The third-order valence-electron chi connectivity index (χ3n) is 4.41. The van der Waals surface area contributed by atoms with Gasteiger partial charge in [-0.3, -0.25) is 9.78 Å². The third kappa shape index (κ3) is 2.86. The molecule has 6 nitrogen and oxygen atoms in total. The summed E-state index contributed by atoms with van der Waals surface area (Å²) in [5.41, 5.74) is 3.32. The molecule has 4 rings (SSSR count). The van der Waals surface area contributed by atoms with Gasteiger partial charge in [0.15, 0.2) is 11.5 Å². The van der Waals surface area contributed by atoms with E-state index in [0.29, 0.717) is 16.9 Å². The Bertz CT molecular complexity index is 1180. The highest BCUT2D eigenvalue weighted by Crippen LogP contribution is 2.38. The summed E-state index contributed by atoms with van der Waals surface area (Å²) >= 11 is 1.51. The van der Waals surface area contributed by atoms with Crippen molar-refractivity contribution in [1.29, 1.82) is 0 Å². The van der Waals surface area contributed by atoms with Crippen LogP contribution in [0.25, 0.3) is 32.5 Å². The van der Waals surface area contributed by atoms with Crippen molar-refractivity contribution in [2.45, 2.75) is 0 Å². The van der Waals surface area contributed by atoms with Crippen LogP contribution >= 0.6 is 11.3 Å². The van der Waals surface area contributed by atoms with Crippen LogP contribution in [0.4, 0.5) is 0 Å². The number of methoxy groups -OCH3 is 2. The van der Waals surface area contributed by atoms with Gasteiger partial charge >= 0.3 is 0 Å². The van der Waals surface area contributed by atoms with Crippen LogP contribution in [0.3, 0.4) is 0 Å². The topological polar surface area (TPSA) is 66.2 Å². The standard InChI is InChI=1S/C20H17N3O3S/c1-23-20(24)17-14(12-6-8-21-9-7-12)11-27-19(17)18(22-23)13-4-5-15(25-2)16(10-13)26-3/h4-11H,1-3H3. The lowest BCUT2D eigenvalue weighted by Gasteiger charge is -2.11. The van der Waals surface area contributed by atoms with E-state index >= 15 is 0 Å². The first-order valence-corrected chi connectivity index (χ1v) is 9.13. The number of hydrogen-bond acceptors (Lipinski definition) is 6. The molecular formula is C20H17N3O3S. The molecule has 0 saturated heterocycles. The molecule has 0 amide bonds. The molecule has 0 aliphatic heterocycles. The number of hydrogen-bond donors (Lipinski definition) is 0. The van der Waals surface area contributed by atoms with Crippen LogP contribution in [0.15, 0.2) is 52.9 Å². The first-order valence-electron chi connectivity index (χ1n) is 8.25. The lowest BCUT2D eigenvalue weighted by Crippen LogP contribution is -2.20. The maximum atomic E-state index is 12.8. The van der Waals surface area contributed by atoms with Crippen LogP contribution in [0.1, 0.15) is 0 Å². The van der Waals surface area contributed by atoms with E-state index in [0.717, 1.165) is 27.1 Å². The normalized spacial score (nSPS) is 10.9. The monoisotopic (exact) mass is 379 g/mol. The highest BCUT2D eigenvalue weighted by Gasteiger charge is 2.18. The molecule has 0 radical (unpaired) electrons. The number of thiophene rings is 1. The summed E-state index contributed by atoms with van der Waals surface area (Å²) < 4.78 is 13.0. The van der Waals surface area contributed by atoms with Crippen LogP contribution in [0, 0.1) is 0 Å². The highest BCUT2D eigenvalue weighted by molar-refractivity contribution is 7.18. The van der Waals surface area contributed by atoms with Crippen molar-refractivity contribution in [2.24, 2.45) is 7.05 Å². The first-order chi connectivity index (χ1) is 13.1. The molecule has 0 atom stereocenters. The van der Waals surface area contributed by atoms with E-state index in [1.165, 1.54) is 16.0 Å². The molecule has 0 N–H and O–H groups in total. The summed E-state index contributed by atoms with van der Waals surface area (Å²) in [6.45, 7) is 0. The number of pyridine rings is 1. The van der Waals surface area contributed by atoms with Gasteiger partial charge in [0.1, 0.15) is 5.69 Å². The van der Waals surface area contributed by atoms with Gasteiger partial charge in [0, 0.05) is 35.9 Å². The van der Waals surface area contributed by atoms with E-state index in [4.69, 9.17) is 9.47 Å². The van der Waals surface area contributed by atoms with Crippen molar-refractivity contribution >= 4 is 21.4 Å². The average molecular weight is 379 g/mol. The predicted octanol–water partition coefficient (Wildman–Crippen LogP) is 3.74. The average Bonchev–Trinajstić information content (AvgIpc) is 3.16. The van der Waals surface area contributed by atoms with Gasteiger partial charge in [-0.05, 0) is 35.9 Å². The fourth-order valence-electron chi connectivity index (χ4n) is 3.06. The molecule has 4 aromatic rings. The second kappa shape index (κ2) is 6.85. The second-order valence-electron chi connectivity index (χ2n) is 5.94. The maximum Gasteiger partial charge on any atom is 0.275 e. The molecule has 0 spiro atoms. The Morgan fingerprint density at radius 3 is 2.44 bits per heavy atom. The zero-order chi connectivity index (χ0) is 19.0. The third-order valence-corrected chi connectivity index (χ3v) is 5.40. The molecule has 27 heavy (non-hydrogen) atoms. The molecule has 0 aliphatic carbocycles. The number of aromatic nitrogens is 3. The molecule has 0 bridgehead atoms. The van der Waals surface area contributed by atoms with Crippen molar-refractivity contribution < 1.29 is 9.47 Å². The minimum atomic E-state index is -0.123. The van der Waals surface area contributed by atoms with Crippen LogP contribution in [-0.2, 0) is 7.05 Å². The largest absolute Gasteiger partial charge is 0.493 e. The van der Waals surface area contributed by atoms with Crippen molar-refractivity contribution in [3.05, 3.63) is 58.5 Å². The smallest absolute Gasteiger partial charge is 0.275 e. The molecule has 3 heterocycles. The lowest BCUT2D eigenvalue weighted by molar-refractivity contribution is 0.355. The Balaban J connectivity index is 2.00. The Labute approximate surface area is 159 Å². The maximum absolute atomic E-state index is 12.8. The van der Waals surface area contributed by atoms with Gasteiger partial charge in [0.25, 0.3) is 5.56 Å². The van der Waals surface area contributed by atoms with Crippen molar-refractivity contribution in [2.75, 3.05) is 14.2 Å². The fraction of sp³-hybridized carbons (Fsp3) is 0.150. The Morgan fingerprint density at radius 1 is 1.00 bits per heavy atom. The molecule has 0 aliphatic rings. The molecule has 136 valence electrons. The predicted molar refractivity (Wildman–Crippen MR) is 107 cm³/mol. The zero-order valence-corrected chi connectivity index (χ0v) is 15.9. The van der Waals surface area contributed by atoms with Gasteiger partial charge in [-0.25, -0.2) is 4.68 Å². The van der Waals surface area contributed by atoms with Crippen molar-refractivity contribution in [1.82, 2.24) is 14.8 Å². The van der Waals surface area contributed by atoms with Crippen LogP contribution in [0.5, 0.6) is 11.5 Å². The molecule has 0 saturated carbocycles. The molecule has 3 aromatic heterocycles. The van der Waals surface area contributed by atoms with Gasteiger partial charge in [-0.15, -0.1) is 11.3 Å². The van der Waals surface area contributed by atoms with Gasteiger partial charge in [-0.2, -0.15) is 5.10 Å². The van der Waals surface area contributed by atoms with Crippen LogP contribution < -0.4 is 15.0 Å². The first kappa shape index (κ1) is 17.2. The number of rotatable bonds is 4. The number of nitrogens with zero attached hydrogens (tertiary/aromatic N) is 3. The van der Waals surface area contributed by atoms with Gasteiger partial charge in [0.05, 0.1) is 24.3 Å². The molecule has 1 aromatic carbocycles. The van der Waals surface area contributed by atoms with Gasteiger partial charge < -0.3 is 9.47 Å². The number of aryl methyl sites for hydroxylation is 1. The highest BCUT2D eigenvalue weighted by atomic mass is 32.1. The van der Waals surface area contributed by atoms with E-state index in [1.54, 1.807) is 33.7 Å². The van der Waals surface area contributed by atoms with Gasteiger partial charge in [0.2, 0.25) is 0 Å². The minimum Gasteiger partial charge on any atom is -0.493 e. The zero-order valence-electron chi connectivity index (χ0n) is 15.1. The van der Waals surface area contributed by atoms with Crippen molar-refractivity contribution in [3.8, 4) is 33.9 Å². The molecule has 0 fully saturated rings. The second-order valence-corrected chi connectivity index (χ2v) is 6.82. The van der Waals surface area contributed by atoms with Gasteiger partial charge in [-0.1, -0.05) is 0 Å². The number of ether oxygens (including phenoxy) is 2. The van der Waals surface area contributed by atoms with Crippen LogP contribution in [-0.4, -0.2) is 29.0 Å². The molecule has 7 heteroatoms. The van der Waals surface area contributed by atoms with E-state index in [-0.39, 0.29) is 5.56 Å². The summed E-state index contributed by atoms with van der Waals surface area (Å²) in [5.74, 6) is 1.26.